The summed E-state index contributed by atoms with van der Waals surface area (Å²) in [5, 5.41) is 3.73. The van der Waals surface area contributed by atoms with Crippen molar-refractivity contribution in [1.82, 2.24) is 10.2 Å². The lowest BCUT2D eigenvalue weighted by Crippen LogP contribution is -2.46. The van der Waals surface area contributed by atoms with Gasteiger partial charge < -0.3 is 5.32 Å². The van der Waals surface area contributed by atoms with E-state index in [0.29, 0.717) is 0 Å². The lowest BCUT2D eigenvalue weighted by atomic mass is 9.98. The fourth-order valence-electron chi connectivity index (χ4n) is 3.68. The smallest absolute Gasteiger partial charge is 0.0233 e. The molecule has 0 aromatic heterocycles. The SMILES string of the molecule is CCc1ccc(CN(C)C2CC3CCC(C2)N3)cc1.Cl. The van der Waals surface area contributed by atoms with Crippen molar-refractivity contribution in [1.29, 1.82) is 0 Å². The first-order valence-corrected chi connectivity index (χ1v) is 7.78. The summed E-state index contributed by atoms with van der Waals surface area (Å²) in [6.07, 6.45) is 6.58. The quantitative estimate of drug-likeness (QED) is 0.916. The number of fused-ring (bicyclic) bond motifs is 2. The van der Waals surface area contributed by atoms with Gasteiger partial charge in [0.2, 0.25) is 0 Å². The molecule has 2 bridgehead atoms. The predicted molar refractivity (Wildman–Crippen MR) is 87.5 cm³/mol. The van der Waals surface area contributed by atoms with Gasteiger partial charge in [0.25, 0.3) is 0 Å². The molecule has 20 heavy (non-hydrogen) atoms. The van der Waals surface area contributed by atoms with Crippen molar-refractivity contribution in [3.8, 4) is 0 Å². The molecule has 2 nitrogen and oxygen atoms in total. The molecular formula is C17H27ClN2. The van der Waals surface area contributed by atoms with E-state index in [1.807, 2.05) is 0 Å². The Morgan fingerprint density at radius 3 is 2.15 bits per heavy atom. The fourth-order valence-corrected chi connectivity index (χ4v) is 3.68. The Balaban J connectivity index is 0.00000147. The van der Waals surface area contributed by atoms with E-state index >= 15 is 0 Å². The summed E-state index contributed by atoms with van der Waals surface area (Å²) in [7, 11) is 2.29. The minimum atomic E-state index is 0. The molecule has 112 valence electrons. The molecule has 0 saturated carbocycles. The maximum atomic E-state index is 3.73. The van der Waals surface area contributed by atoms with E-state index in [-0.39, 0.29) is 12.4 Å². The Kier molecular flexibility index (Phi) is 5.48. The zero-order valence-electron chi connectivity index (χ0n) is 12.6. The summed E-state index contributed by atoms with van der Waals surface area (Å²) in [5.41, 5.74) is 2.89. The number of halogens is 1. The highest BCUT2D eigenvalue weighted by molar-refractivity contribution is 5.85. The molecule has 2 fully saturated rings. The van der Waals surface area contributed by atoms with E-state index in [1.165, 1.54) is 36.8 Å². The van der Waals surface area contributed by atoms with Gasteiger partial charge in [-0.1, -0.05) is 31.2 Å². The lowest BCUT2D eigenvalue weighted by molar-refractivity contribution is 0.166. The highest BCUT2D eigenvalue weighted by Crippen LogP contribution is 2.29. The highest BCUT2D eigenvalue weighted by atomic mass is 35.5. The first-order chi connectivity index (χ1) is 9.24. The van der Waals surface area contributed by atoms with E-state index in [9.17, 15) is 0 Å². The molecule has 2 aliphatic heterocycles. The zero-order valence-corrected chi connectivity index (χ0v) is 13.5. The van der Waals surface area contributed by atoms with Crippen LogP contribution in [0.3, 0.4) is 0 Å². The predicted octanol–water partition coefficient (Wildman–Crippen LogP) is 3.39. The highest BCUT2D eigenvalue weighted by Gasteiger charge is 2.34. The van der Waals surface area contributed by atoms with Gasteiger partial charge in [-0.2, -0.15) is 0 Å². The van der Waals surface area contributed by atoms with Crippen LogP contribution in [0, 0.1) is 0 Å². The Labute approximate surface area is 129 Å². The third kappa shape index (κ3) is 3.55. The maximum Gasteiger partial charge on any atom is 0.0233 e. The van der Waals surface area contributed by atoms with Gasteiger partial charge in [0.05, 0.1) is 0 Å². The van der Waals surface area contributed by atoms with Crippen LogP contribution in [-0.4, -0.2) is 30.1 Å². The molecule has 2 saturated heterocycles. The first-order valence-electron chi connectivity index (χ1n) is 7.78. The second-order valence-corrected chi connectivity index (χ2v) is 6.35. The summed E-state index contributed by atoms with van der Waals surface area (Å²) >= 11 is 0. The molecule has 0 amide bonds. The molecule has 1 aromatic rings. The molecule has 2 heterocycles. The molecule has 2 atom stereocenters. The number of piperidine rings is 1. The Morgan fingerprint density at radius 1 is 1.05 bits per heavy atom. The molecule has 3 rings (SSSR count). The fraction of sp³-hybridized carbons (Fsp3) is 0.647. The number of hydrogen-bond donors (Lipinski definition) is 1. The van der Waals surface area contributed by atoms with Crippen LogP contribution in [0.4, 0.5) is 0 Å². The molecular weight excluding hydrogens is 268 g/mol. The van der Waals surface area contributed by atoms with Crippen molar-refractivity contribution in [3.05, 3.63) is 35.4 Å². The molecule has 2 unspecified atom stereocenters. The van der Waals surface area contributed by atoms with Crippen LogP contribution in [0.1, 0.15) is 43.7 Å². The van der Waals surface area contributed by atoms with Gasteiger partial charge >= 0.3 is 0 Å². The molecule has 0 radical (unpaired) electrons. The summed E-state index contributed by atoms with van der Waals surface area (Å²) in [6, 6.07) is 11.5. The largest absolute Gasteiger partial charge is 0.311 e. The van der Waals surface area contributed by atoms with Crippen LogP contribution < -0.4 is 5.32 Å². The van der Waals surface area contributed by atoms with E-state index < -0.39 is 0 Å². The molecule has 0 aliphatic carbocycles. The van der Waals surface area contributed by atoms with Crippen molar-refractivity contribution in [2.45, 2.75) is 63.7 Å². The van der Waals surface area contributed by atoms with Gasteiger partial charge in [0, 0.05) is 24.7 Å². The minimum Gasteiger partial charge on any atom is -0.311 e. The van der Waals surface area contributed by atoms with Gasteiger partial charge in [-0.15, -0.1) is 12.4 Å². The van der Waals surface area contributed by atoms with Gasteiger partial charge in [-0.05, 0) is 50.3 Å². The minimum absolute atomic E-state index is 0. The average Bonchev–Trinajstić information content (AvgIpc) is 2.78. The Morgan fingerprint density at radius 2 is 1.60 bits per heavy atom. The van der Waals surface area contributed by atoms with Crippen LogP contribution in [0.5, 0.6) is 0 Å². The van der Waals surface area contributed by atoms with E-state index in [2.05, 4.69) is 48.5 Å². The monoisotopic (exact) mass is 294 g/mol. The number of rotatable bonds is 4. The second-order valence-electron chi connectivity index (χ2n) is 6.35. The van der Waals surface area contributed by atoms with Crippen LogP contribution >= 0.6 is 12.4 Å². The van der Waals surface area contributed by atoms with Crippen LogP contribution in [0.25, 0.3) is 0 Å². The van der Waals surface area contributed by atoms with Crippen LogP contribution in [-0.2, 0) is 13.0 Å². The number of nitrogens with one attached hydrogen (secondary N) is 1. The van der Waals surface area contributed by atoms with E-state index in [1.54, 1.807) is 0 Å². The van der Waals surface area contributed by atoms with E-state index in [4.69, 9.17) is 0 Å². The molecule has 3 heteroatoms. The summed E-state index contributed by atoms with van der Waals surface area (Å²) in [5.74, 6) is 0. The normalized spacial score (nSPS) is 28.4. The van der Waals surface area contributed by atoms with Crippen molar-refractivity contribution in [3.63, 3.8) is 0 Å². The van der Waals surface area contributed by atoms with Gasteiger partial charge in [-0.3, -0.25) is 4.90 Å². The molecule has 1 N–H and O–H groups in total. The van der Waals surface area contributed by atoms with E-state index in [0.717, 1.165) is 31.1 Å². The number of benzene rings is 1. The third-order valence-electron chi connectivity index (χ3n) is 4.93. The summed E-state index contributed by atoms with van der Waals surface area (Å²) in [4.78, 5) is 2.56. The number of aryl methyl sites for hydroxylation is 1. The zero-order chi connectivity index (χ0) is 13.2. The van der Waals surface area contributed by atoms with Crippen LogP contribution in [0.15, 0.2) is 24.3 Å². The first kappa shape index (κ1) is 15.8. The topological polar surface area (TPSA) is 15.3 Å². The Bertz CT molecular complexity index is 406. The van der Waals surface area contributed by atoms with Gasteiger partial charge in [0.15, 0.2) is 0 Å². The lowest BCUT2D eigenvalue weighted by Gasteiger charge is -2.35. The van der Waals surface area contributed by atoms with Crippen molar-refractivity contribution >= 4 is 12.4 Å². The summed E-state index contributed by atoms with van der Waals surface area (Å²) in [6.45, 7) is 3.31. The van der Waals surface area contributed by atoms with Gasteiger partial charge in [-0.25, -0.2) is 0 Å². The van der Waals surface area contributed by atoms with Gasteiger partial charge in [0.1, 0.15) is 0 Å². The number of nitrogens with zero attached hydrogens (tertiary/aromatic N) is 1. The maximum absolute atomic E-state index is 3.73. The van der Waals surface area contributed by atoms with Crippen LogP contribution in [0.2, 0.25) is 0 Å². The third-order valence-corrected chi connectivity index (χ3v) is 4.93. The molecule has 0 spiro atoms. The summed E-state index contributed by atoms with van der Waals surface area (Å²) < 4.78 is 0. The molecule has 1 aromatic carbocycles. The van der Waals surface area contributed by atoms with Crippen molar-refractivity contribution in [2.24, 2.45) is 0 Å². The van der Waals surface area contributed by atoms with Crippen molar-refractivity contribution in [2.75, 3.05) is 7.05 Å². The molecule has 2 aliphatic rings. The van der Waals surface area contributed by atoms with Crippen molar-refractivity contribution < 1.29 is 0 Å². The standard InChI is InChI=1S/C17H26N2.ClH/c1-3-13-4-6-14(7-5-13)12-19(2)17-10-15-8-9-16(11-17)18-15;/h4-7,15-18H,3,8-12H2,1-2H3;1H. The Hall–Kier alpha value is -0.570. The average molecular weight is 295 g/mol. The second kappa shape index (κ2) is 6.93. The number of hydrogen-bond acceptors (Lipinski definition) is 2.